The van der Waals surface area contributed by atoms with Gasteiger partial charge in [0.1, 0.15) is 12.0 Å². The zero-order valence-corrected chi connectivity index (χ0v) is 6.23. The molecule has 0 atom stereocenters. The predicted octanol–water partition coefficient (Wildman–Crippen LogP) is 0.449. The number of aromatic nitrogens is 4. The van der Waals surface area contributed by atoms with E-state index in [1.165, 1.54) is 6.33 Å². The second-order valence-electron chi connectivity index (χ2n) is 2.28. The number of anilines is 1. The van der Waals surface area contributed by atoms with Crippen molar-refractivity contribution in [1.82, 2.24) is 20.2 Å². The van der Waals surface area contributed by atoms with Crippen molar-refractivity contribution in [2.45, 2.75) is 0 Å². The SMILES string of the molecule is Nc1cccnc1-c1ncn[nH]1. The van der Waals surface area contributed by atoms with Crippen molar-refractivity contribution >= 4 is 5.69 Å². The number of nitrogens with two attached hydrogens (primary N) is 1. The number of hydrogen-bond acceptors (Lipinski definition) is 4. The lowest BCUT2D eigenvalue weighted by molar-refractivity contribution is 1.09. The first-order valence-corrected chi connectivity index (χ1v) is 3.44. The summed E-state index contributed by atoms with van der Waals surface area (Å²) in [5.41, 5.74) is 6.89. The first kappa shape index (κ1) is 6.78. The molecule has 0 fully saturated rings. The Hall–Kier alpha value is -1.91. The molecule has 3 N–H and O–H groups in total. The Morgan fingerprint density at radius 2 is 2.25 bits per heavy atom. The molecular weight excluding hydrogens is 154 g/mol. The van der Waals surface area contributed by atoms with Crippen LogP contribution in [0, 0.1) is 0 Å². The van der Waals surface area contributed by atoms with Crippen LogP contribution in [0.15, 0.2) is 24.7 Å². The second-order valence-corrected chi connectivity index (χ2v) is 2.28. The maximum Gasteiger partial charge on any atom is 0.176 e. The molecule has 12 heavy (non-hydrogen) atoms. The first-order chi connectivity index (χ1) is 5.88. The number of nitrogens with zero attached hydrogens (tertiary/aromatic N) is 3. The molecule has 0 saturated carbocycles. The van der Waals surface area contributed by atoms with Crippen LogP contribution in [0.25, 0.3) is 11.5 Å². The van der Waals surface area contributed by atoms with E-state index in [-0.39, 0.29) is 0 Å². The minimum absolute atomic E-state index is 0.591. The number of nitrogens with one attached hydrogen (secondary N) is 1. The Morgan fingerprint density at radius 1 is 1.33 bits per heavy atom. The topological polar surface area (TPSA) is 80.5 Å². The molecule has 0 aliphatic heterocycles. The van der Waals surface area contributed by atoms with Gasteiger partial charge in [0.05, 0.1) is 5.69 Å². The maximum atomic E-state index is 5.66. The van der Waals surface area contributed by atoms with Crippen LogP contribution in [0.5, 0.6) is 0 Å². The summed E-state index contributed by atoms with van der Waals surface area (Å²) in [6, 6.07) is 3.54. The van der Waals surface area contributed by atoms with Crippen LogP contribution in [0.1, 0.15) is 0 Å². The number of nitrogen functional groups attached to an aromatic ring is 1. The van der Waals surface area contributed by atoms with Crippen molar-refractivity contribution in [2.24, 2.45) is 0 Å². The monoisotopic (exact) mass is 161 g/mol. The van der Waals surface area contributed by atoms with Gasteiger partial charge in [-0.25, -0.2) is 4.98 Å². The van der Waals surface area contributed by atoms with E-state index in [4.69, 9.17) is 5.73 Å². The number of aromatic amines is 1. The molecule has 0 bridgehead atoms. The highest BCUT2D eigenvalue weighted by Crippen LogP contribution is 2.17. The largest absolute Gasteiger partial charge is 0.397 e. The van der Waals surface area contributed by atoms with Crippen molar-refractivity contribution in [3.8, 4) is 11.5 Å². The maximum absolute atomic E-state index is 5.66. The molecule has 0 spiro atoms. The molecule has 2 aromatic rings. The molecule has 2 rings (SSSR count). The van der Waals surface area contributed by atoms with E-state index in [2.05, 4.69) is 20.2 Å². The Kier molecular flexibility index (Phi) is 1.48. The number of hydrogen-bond donors (Lipinski definition) is 2. The summed E-state index contributed by atoms with van der Waals surface area (Å²) in [6.07, 6.45) is 3.08. The highest BCUT2D eigenvalue weighted by atomic mass is 15.2. The van der Waals surface area contributed by atoms with E-state index < -0.39 is 0 Å². The minimum atomic E-state index is 0.591. The van der Waals surface area contributed by atoms with Crippen molar-refractivity contribution in [2.75, 3.05) is 5.73 Å². The molecule has 0 saturated heterocycles. The lowest BCUT2D eigenvalue weighted by Gasteiger charge is -1.97. The highest BCUT2D eigenvalue weighted by Gasteiger charge is 2.04. The number of H-pyrrole nitrogens is 1. The Bertz CT molecular complexity index is 367. The Morgan fingerprint density at radius 3 is 2.92 bits per heavy atom. The van der Waals surface area contributed by atoms with E-state index in [0.717, 1.165) is 0 Å². The van der Waals surface area contributed by atoms with Crippen molar-refractivity contribution in [3.05, 3.63) is 24.7 Å². The van der Waals surface area contributed by atoms with Gasteiger partial charge in [0.2, 0.25) is 0 Å². The van der Waals surface area contributed by atoms with Gasteiger partial charge in [-0.2, -0.15) is 5.10 Å². The summed E-state index contributed by atoms with van der Waals surface area (Å²) in [5.74, 6) is 0.591. The average molecular weight is 161 g/mol. The van der Waals surface area contributed by atoms with Gasteiger partial charge in [0, 0.05) is 6.20 Å². The van der Waals surface area contributed by atoms with Crippen LogP contribution in [-0.4, -0.2) is 20.2 Å². The molecule has 60 valence electrons. The fraction of sp³-hybridized carbons (Fsp3) is 0. The summed E-state index contributed by atoms with van der Waals surface area (Å²) in [4.78, 5) is 8.00. The third-order valence-corrected chi connectivity index (χ3v) is 1.48. The normalized spacial score (nSPS) is 10.0. The van der Waals surface area contributed by atoms with Gasteiger partial charge in [-0.1, -0.05) is 0 Å². The van der Waals surface area contributed by atoms with Crippen molar-refractivity contribution < 1.29 is 0 Å². The molecule has 0 unspecified atom stereocenters. The molecule has 0 amide bonds. The quantitative estimate of drug-likeness (QED) is 0.636. The van der Waals surface area contributed by atoms with Gasteiger partial charge in [0.15, 0.2) is 5.82 Å². The summed E-state index contributed by atoms with van der Waals surface area (Å²) in [6.45, 7) is 0. The molecular formula is C7H7N5. The van der Waals surface area contributed by atoms with Gasteiger partial charge in [-0.15, -0.1) is 0 Å². The fourth-order valence-electron chi connectivity index (χ4n) is 0.935. The van der Waals surface area contributed by atoms with Crippen LogP contribution in [0.4, 0.5) is 5.69 Å². The number of pyridine rings is 1. The lowest BCUT2D eigenvalue weighted by atomic mass is 10.3. The molecule has 0 radical (unpaired) electrons. The van der Waals surface area contributed by atoms with Crippen LogP contribution < -0.4 is 5.73 Å². The van der Waals surface area contributed by atoms with Gasteiger partial charge in [0.25, 0.3) is 0 Å². The molecule has 2 aromatic heterocycles. The van der Waals surface area contributed by atoms with Crippen LogP contribution in [0.2, 0.25) is 0 Å². The van der Waals surface area contributed by atoms with Gasteiger partial charge < -0.3 is 5.73 Å². The first-order valence-electron chi connectivity index (χ1n) is 3.44. The fourth-order valence-corrected chi connectivity index (χ4v) is 0.935. The summed E-state index contributed by atoms with van der Waals surface area (Å²) in [5, 5.41) is 6.40. The van der Waals surface area contributed by atoms with Gasteiger partial charge in [-0.05, 0) is 12.1 Å². The third kappa shape index (κ3) is 1.01. The zero-order chi connectivity index (χ0) is 8.39. The van der Waals surface area contributed by atoms with E-state index in [1.54, 1.807) is 18.3 Å². The molecule has 2 heterocycles. The molecule has 0 aliphatic carbocycles. The number of rotatable bonds is 1. The predicted molar refractivity (Wildman–Crippen MR) is 44.0 cm³/mol. The van der Waals surface area contributed by atoms with Crippen LogP contribution in [-0.2, 0) is 0 Å². The molecule has 5 heteroatoms. The van der Waals surface area contributed by atoms with Crippen molar-refractivity contribution in [1.29, 1.82) is 0 Å². The van der Waals surface area contributed by atoms with Gasteiger partial charge in [-0.3, -0.25) is 10.1 Å². The average Bonchev–Trinajstić information content (AvgIpc) is 2.57. The van der Waals surface area contributed by atoms with E-state index in [9.17, 15) is 0 Å². The zero-order valence-electron chi connectivity index (χ0n) is 6.23. The van der Waals surface area contributed by atoms with Crippen LogP contribution in [0.3, 0.4) is 0 Å². The van der Waals surface area contributed by atoms with E-state index in [1.807, 2.05) is 0 Å². The second kappa shape index (κ2) is 2.61. The van der Waals surface area contributed by atoms with Crippen LogP contribution >= 0.6 is 0 Å². The summed E-state index contributed by atoms with van der Waals surface area (Å²) >= 11 is 0. The summed E-state index contributed by atoms with van der Waals surface area (Å²) in [7, 11) is 0. The Balaban J connectivity index is 2.55. The lowest BCUT2D eigenvalue weighted by Crippen LogP contribution is -1.93. The van der Waals surface area contributed by atoms with E-state index in [0.29, 0.717) is 17.2 Å². The molecule has 0 aromatic carbocycles. The smallest absolute Gasteiger partial charge is 0.176 e. The highest BCUT2D eigenvalue weighted by molar-refractivity contribution is 5.65. The van der Waals surface area contributed by atoms with Gasteiger partial charge >= 0.3 is 0 Å². The summed E-state index contributed by atoms with van der Waals surface area (Å²) < 4.78 is 0. The van der Waals surface area contributed by atoms with E-state index >= 15 is 0 Å². The van der Waals surface area contributed by atoms with Crippen molar-refractivity contribution in [3.63, 3.8) is 0 Å². The minimum Gasteiger partial charge on any atom is -0.397 e. The third-order valence-electron chi connectivity index (χ3n) is 1.48. The molecule has 0 aliphatic rings. The molecule has 5 nitrogen and oxygen atoms in total. The standard InChI is InChI=1S/C7H7N5/c8-5-2-1-3-9-6(5)7-10-4-11-12-7/h1-4H,8H2,(H,10,11,12). The Labute approximate surface area is 68.7 Å².